The number of rotatable bonds is 1. The molecule has 1 fully saturated rings. The Hall–Kier alpha value is -2.30. The van der Waals surface area contributed by atoms with Gasteiger partial charge in [-0.1, -0.05) is 18.6 Å². The average Bonchev–Trinajstić information content (AvgIpc) is 2.82. The Kier molecular flexibility index (Phi) is 4.24. The van der Waals surface area contributed by atoms with E-state index in [2.05, 4.69) is 11.1 Å². The van der Waals surface area contributed by atoms with Gasteiger partial charge in [0.25, 0.3) is 5.91 Å². The summed E-state index contributed by atoms with van der Waals surface area (Å²) in [6.45, 7) is 4.05. The minimum absolute atomic E-state index is 0.0743. The van der Waals surface area contributed by atoms with Crippen molar-refractivity contribution in [3.05, 3.63) is 35.0 Å². The standard InChI is InChI=1S/C20H25N3O2/c1-14(24)22-10-12-23(13-11-22)20(25)17-8-5-7-16-15-6-3-2-4-9-18(15)21-19(16)17/h5,7-8,21H,2-4,6,9-13H2,1H3. The molecule has 0 unspecified atom stereocenters. The lowest BCUT2D eigenvalue weighted by molar-refractivity contribution is -0.130. The maximum Gasteiger partial charge on any atom is 0.256 e. The monoisotopic (exact) mass is 339 g/mol. The number of hydrogen-bond acceptors (Lipinski definition) is 2. The number of hydrogen-bond donors (Lipinski definition) is 1. The van der Waals surface area contributed by atoms with Crippen molar-refractivity contribution in [3.63, 3.8) is 0 Å². The van der Waals surface area contributed by atoms with E-state index in [1.54, 1.807) is 11.8 Å². The van der Waals surface area contributed by atoms with E-state index >= 15 is 0 Å². The summed E-state index contributed by atoms with van der Waals surface area (Å²) < 4.78 is 0. The maximum atomic E-state index is 13.1. The van der Waals surface area contributed by atoms with E-state index < -0.39 is 0 Å². The minimum Gasteiger partial charge on any atom is -0.358 e. The lowest BCUT2D eigenvalue weighted by Gasteiger charge is -2.34. The van der Waals surface area contributed by atoms with Gasteiger partial charge in [-0.2, -0.15) is 0 Å². The van der Waals surface area contributed by atoms with Gasteiger partial charge in [-0.3, -0.25) is 9.59 Å². The van der Waals surface area contributed by atoms with E-state index in [0.717, 1.165) is 23.9 Å². The van der Waals surface area contributed by atoms with E-state index in [4.69, 9.17) is 0 Å². The Bertz CT molecular complexity index is 816. The second-order valence-electron chi connectivity index (χ2n) is 7.17. The number of piperazine rings is 1. The summed E-state index contributed by atoms with van der Waals surface area (Å²) in [5.41, 5.74) is 4.48. The third-order valence-corrected chi connectivity index (χ3v) is 5.63. The average molecular weight is 339 g/mol. The minimum atomic E-state index is 0.0743. The van der Waals surface area contributed by atoms with Crippen molar-refractivity contribution in [2.45, 2.75) is 39.0 Å². The van der Waals surface area contributed by atoms with Gasteiger partial charge >= 0.3 is 0 Å². The van der Waals surface area contributed by atoms with E-state index in [-0.39, 0.29) is 11.8 Å². The molecule has 5 nitrogen and oxygen atoms in total. The van der Waals surface area contributed by atoms with E-state index in [1.807, 2.05) is 17.0 Å². The Morgan fingerprint density at radius 1 is 0.960 bits per heavy atom. The zero-order valence-electron chi connectivity index (χ0n) is 14.8. The maximum absolute atomic E-state index is 13.1. The topological polar surface area (TPSA) is 56.4 Å². The zero-order chi connectivity index (χ0) is 17.4. The van der Waals surface area contributed by atoms with Crippen LogP contribution in [0.15, 0.2) is 18.2 Å². The first-order chi connectivity index (χ1) is 12.1. The van der Waals surface area contributed by atoms with Crippen LogP contribution in [-0.2, 0) is 17.6 Å². The highest BCUT2D eigenvalue weighted by Crippen LogP contribution is 2.30. The van der Waals surface area contributed by atoms with Gasteiger partial charge < -0.3 is 14.8 Å². The smallest absolute Gasteiger partial charge is 0.256 e. The number of benzene rings is 1. The fraction of sp³-hybridized carbons (Fsp3) is 0.500. The number of carbonyl (C=O) groups excluding carboxylic acids is 2. The number of aromatic nitrogens is 1. The number of amides is 2. The first kappa shape index (κ1) is 16.2. The van der Waals surface area contributed by atoms with Crippen LogP contribution in [0, 0.1) is 0 Å². The summed E-state index contributed by atoms with van der Waals surface area (Å²) in [5, 5.41) is 1.21. The number of nitrogens with one attached hydrogen (secondary N) is 1. The Morgan fingerprint density at radius 3 is 2.44 bits per heavy atom. The third kappa shape index (κ3) is 2.92. The zero-order valence-corrected chi connectivity index (χ0v) is 14.8. The van der Waals surface area contributed by atoms with Gasteiger partial charge in [-0.05, 0) is 37.3 Å². The normalized spacial score (nSPS) is 18.1. The van der Waals surface area contributed by atoms with Gasteiger partial charge in [-0.15, -0.1) is 0 Å². The predicted octanol–water partition coefficient (Wildman–Crippen LogP) is 2.74. The van der Waals surface area contributed by atoms with Gasteiger partial charge in [0.05, 0.1) is 11.1 Å². The van der Waals surface area contributed by atoms with Crippen LogP contribution in [0.4, 0.5) is 0 Å². The van der Waals surface area contributed by atoms with Crippen LogP contribution in [-0.4, -0.2) is 52.8 Å². The Balaban J connectivity index is 1.63. The molecule has 0 saturated carbocycles. The number of aryl methyl sites for hydroxylation is 2. The van der Waals surface area contributed by atoms with Crippen LogP contribution >= 0.6 is 0 Å². The molecule has 0 radical (unpaired) electrons. The second kappa shape index (κ2) is 6.54. The molecule has 1 aliphatic heterocycles. The molecule has 25 heavy (non-hydrogen) atoms. The molecular weight excluding hydrogens is 314 g/mol. The molecule has 1 N–H and O–H groups in total. The quantitative estimate of drug-likeness (QED) is 0.812. The number of fused-ring (bicyclic) bond motifs is 3. The van der Waals surface area contributed by atoms with E-state index in [0.29, 0.717) is 26.2 Å². The Labute approximate surface area is 148 Å². The summed E-state index contributed by atoms with van der Waals surface area (Å²) in [5.74, 6) is 0.160. The van der Waals surface area contributed by atoms with Crippen LogP contribution in [0.5, 0.6) is 0 Å². The molecule has 2 amide bonds. The fourth-order valence-electron chi connectivity index (χ4n) is 4.18. The van der Waals surface area contributed by atoms with Gasteiger partial charge in [0, 0.05) is 44.2 Å². The van der Waals surface area contributed by atoms with Crippen molar-refractivity contribution in [2.75, 3.05) is 26.2 Å². The van der Waals surface area contributed by atoms with Crippen LogP contribution < -0.4 is 0 Å². The van der Waals surface area contributed by atoms with Crippen LogP contribution in [0.2, 0.25) is 0 Å². The summed E-state index contributed by atoms with van der Waals surface area (Å²) in [7, 11) is 0. The number of para-hydroxylation sites is 1. The highest BCUT2D eigenvalue weighted by Gasteiger charge is 2.25. The van der Waals surface area contributed by atoms with Crippen molar-refractivity contribution in [3.8, 4) is 0 Å². The molecule has 2 heterocycles. The largest absolute Gasteiger partial charge is 0.358 e. The summed E-state index contributed by atoms with van der Waals surface area (Å²) in [4.78, 5) is 31.8. The highest BCUT2D eigenvalue weighted by molar-refractivity contribution is 6.06. The van der Waals surface area contributed by atoms with Gasteiger partial charge in [0.15, 0.2) is 0 Å². The summed E-state index contributed by atoms with van der Waals surface area (Å²) >= 11 is 0. The molecule has 2 aliphatic rings. The summed E-state index contributed by atoms with van der Waals surface area (Å²) in [6.07, 6.45) is 5.91. The van der Waals surface area contributed by atoms with Crippen LogP contribution in [0.25, 0.3) is 10.9 Å². The highest BCUT2D eigenvalue weighted by atomic mass is 16.2. The van der Waals surface area contributed by atoms with Crippen molar-refractivity contribution >= 4 is 22.7 Å². The molecule has 0 bridgehead atoms. The molecule has 4 rings (SSSR count). The Morgan fingerprint density at radius 2 is 1.68 bits per heavy atom. The molecule has 0 spiro atoms. The van der Waals surface area contributed by atoms with Crippen molar-refractivity contribution < 1.29 is 9.59 Å². The van der Waals surface area contributed by atoms with Gasteiger partial charge in [0.2, 0.25) is 5.91 Å². The van der Waals surface area contributed by atoms with Crippen LogP contribution in [0.1, 0.15) is 47.8 Å². The fourth-order valence-corrected chi connectivity index (χ4v) is 4.18. The molecule has 2 aromatic rings. The van der Waals surface area contributed by atoms with Gasteiger partial charge in [-0.25, -0.2) is 0 Å². The molecule has 1 aromatic heterocycles. The lowest BCUT2D eigenvalue weighted by Crippen LogP contribution is -2.50. The van der Waals surface area contributed by atoms with Gasteiger partial charge in [0.1, 0.15) is 0 Å². The van der Waals surface area contributed by atoms with Crippen molar-refractivity contribution in [1.82, 2.24) is 14.8 Å². The van der Waals surface area contributed by atoms with Crippen LogP contribution in [0.3, 0.4) is 0 Å². The van der Waals surface area contributed by atoms with Crippen molar-refractivity contribution in [2.24, 2.45) is 0 Å². The lowest BCUT2D eigenvalue weighted by atomic mass is 10.0. The number of aromatic amines is 1. The van der Waals surface area contributed by atoms with Crippen molar-refractivity contribution in [1.29, 1.82) is 0 Å². The molecule has 0 atom stereocenters. The molecule has 132 valence electrons. The third-order valence-electron chi connectivity index (χ3n) is 5.63. The number of nitrogens with zero attached hydrogens (tertiary/aromatic N) is 2. The predicted molar refractivity (Wildman–Crippen MR) is 97.7 cm³/mol. The van der Waals surface area contributed by atoms with E-state index in [9.17, 15) is 9.59 Å². The SMILES string of the molecule is CC(=O)N1CCN(C(=O)c2cccc3c4c([nH]c23)CCCCC4)CC1. The molecule has 1 saturated heterocycles. The van der Waals surface area contributed by atoms with E-state index in [1.165, 1.54) is 35.9 Å². The number of carbonyl (C=O) groups is 2. The second-order valence-corrected chi connectivity index (χ2v) is 7.17. The molecule has 1 aliphatic carbocycles. The molecular formula is C20H25N3O2. The first-order valence-corrected chi connectivity index (χ1v) is 9.32. The molecule has 1 aromatic carbocycles. The summed E-state index contributed by atoms with van der Waals surface area (Å²) in [6, 6.07) is 6.07. The number of H-pyrrole nitrogens is 1. The molecule has 5 heteroatoms. The first-order valence-electron chi connectivity index (χ1n) is 9.32.